The average Bonchev–Trinajstić information content (AvgIpc) is 2.71. The summed E-state index contributed by atoms with van der Waals surface area (Å²) in [6, 6.07) is 16.8. The molecule has 0 spiro atoms. The first-order valence-corrected chi connectivity index (χ1v) is 9.33. The summed E-state index contributed by atoms with van der Waals surface area (Å²) in [4.78, 5) is 28.8. The molecular formula is C24H20N2O3. The van der Waals surface area contributed by atoms with E-state index < -0.39 is 0 Å². The highest BCUT2D eigenvalue weighted by Gasteiger charge is 2.26. The fourth-order valence-corrected chi connectivity index (χ4v) is 3.51. The standard InChI is InChI=1S/C24H20N2O3/c1-15-11-17(12-16(2)22(15)29-14-18-7-5-6-10-25-18)13-21-19-8-3-4-9-20(19)23(27)26-24(21)28/h3-13H,14H2,1-2H3,(H,26,27,28)/b21-13+. The molecule has 4 rings (SSSR count). The molecular weight excluding hydrogens is 364 g/mol. The monoisotopic (exact) mass is 384 g/mol. The van der Waals surface area contributed by atoms with E-state index in [4.69, 9.17) is 4.74 Å². The van der Waals surface area contributed by atoms with Crippen LogP contribution >= 0.6 is 0 Å². The molecule has 0 radical (unpaired) electrons. The third-order valence-corrected chi connectivity index (χ3v) is 4.82. The van der Waals surface area contributed by atoms with Crippen molar-refractivity contribution in [3.8, 4) is 5.75 Å². The molecule has 29 heavy (non-hydrogen) atoms. The van der Waals surface area contributed by atoms with E-state index in [0.717, 1.165) is 28.1 Å². The van der Waals surface area contributed by atoms with Gasteiger partial charge < -0.3 is 4.74 Å². The average molecular weight is 384 g/mol. The highest BCUT2D eigenvalue weighted by atomic mass is 16.5. The quantitative estimate of drug-likeness (QED) is 0.543. The van der Waals surface area contributed by atoms with Gasteiger partial charge in [-0.3, -0.25) is 19.9 Å². The van der Waals surface area contributed by atoms with Crippen LogP contribution in [0.3, 0.4) is 0 Å². The van der Waals surface area contributed by atoms with Gasteiger partial charge in [-0.15, -0.1) is 0 Å². The molecule has 1 aliphatic heterocycles. The number of pyridine rings is 1. The first kappa shape index (κ1) is 18.6. The van der Waals surface area contributed by atoms with E-state index in [-0.39, 0.29) is 11.8 Å². The lowest BCUT2D eigenvalue weighted by molar-refractivity contribution is -0.114. The van der Waals surface area contributed by atoms with Gasteiger partial charge in [-0.1, -0.05) is 24.3 Å². The second-order valence-corrected chi connectivity index (χ2v) is 6.98. The Morgan fingerprint density at radius 2 is 1.62 bits per heavy atom. The molecule has 0 saturated carbocycles. The van der Waals surface area contributed by atoms with Crippen molar-refractivity contribution in [2.75, 3.05) is 0 Å². The van der Waals surface area contributed by atoms with Crippen molar-refractivity contribution in [1.29, 1.82) is 0 Å². The molecule has 0 atom stereocenters. The van der Waals surface area contributed by atoms with Crippen LogP contribution in [-0.2, 0) is 11.4 Å². The van der Waals surface area contributed by atoms with E-state index in [2.05, 4.69) is 10.3 Å². The van der Waals surface area contributed by atoms with Gasteiger partial charge in [-0.2, -0.15) is 0 Å². The summed E-state index contributed by atoms with van der Waals surface area (Å²) in [6.07, 6.45) is 3.55. The van der Waals surface area contributed by atoms with E-state index >= 15 is 0 Å². The molecule has 5 nitrogen and oxygen atoms in total. The van der Waals surface area contributed by atoms with Gasteiger partial charge in [-0.25, -0.2) is 0 Å². The molecule has 0 bridgehead atoms. The Labute approximate surface area is 169 Å². The van der Waals surface area contributed by atoms with Crippen LogP contribution in [0.15, 0.2) is 60.8 Å². The van der Waals surface area contributed by atoms with Crippen LogP contribution in [0.1, 0.15) is 38.3 Å². The summed E-state index contributed by atoms with van der Waals surface area (Å²) in [5.41, 5.74) is 5.29. The zero-order chi connectivity index (χ0) is 20.4. The molecule has 1 aromatic heterocycles. The molecule has 2 heterocycles. The predicted octanol–water partition coefficient (Wildman–Crippen LogP) is 4.09. The van der Waals surface area contributed by atoms with Crippen molar-refractivity contribution in [3.63, 3.8) is 0 Å². The predicted molar refractivity (Wildman–Crippen MR) is 111 cm³/mol. The van der Waals surface area contributed by atoms with Crippen LogP contribution in [0.2, 0.25) is 0 Å². The Morgan fingerprint density at radius 3 is 2.31 bits per heavy atom. The largest absolute Gasteiger partial charge is 0.487 e. The number of aryl methyl sites for hydroxylation is 2. The molecule has 144 valence electrons. The van der Waals surface area contributed by atoms with Crippen LogP contribution < -0.4 is 10.1 Å². The van der Waals surface area contributed by atoms with Gasteiger partial charge in [0.05, 0.1) is 5.69 Å². The van der Waals surface area contributed by atoms with Gasteiger partial charge in [0.1, 0.15) is 12.4 Å². The molecule has 0 aliphatic carbocycles. The lowest BCUT2D eigenvalue weighted by Gasteiger charge is -2.18. The number of nitrogens with one attached hydrogen (secondary N) is 1. The van der Waals surface area contributed by atoms with Crippen molar-refractivity contribution in [1.82, 2.24) is 10.3 Å². The fraction of sp³-hybridized carbons (Fsp3) is 0.125. The molecule has 5 heteroatoms. The van der Waals surface area contributed by atoms with Crippen LogP contribution in [0.25, 0.3) is 11.6 Å². The number of benzene rings is 2. The number of nitrogens with zero attached hydrogens (tertiary/aromatic N) is 1. The van der Waals surface area contributed by atoms with Gasteiger partial charge in [0, 0.05) is 17.3 Å². The first-order valence-electron chi connectivity index (χ1n) is 9.33. The second kappa shape index (κ2) is 7.72. The number of aromatic nitrogens is 1. The van der Waals surface area contributed by atoms with E-state index in [1.165, 1.54) is 0 Å². The van der Waals surface area contributed by atoms with E-state index in [1.54, 1.807) is 24.4 Å². The molecule has 0 saturated heterocycles. The Kier molecular flexibility index (Phi) is 4.96. The number of amides is 2. The van der Waals surface area contributed by atoms with Crippen LogP contribution in [0, 0.1) is 13.8 Å². The maximum absolute atomic E-state index is 12.4. The van der Waals surface area contributed by atoms with Crippen molar-refractivity contribution in [2.45, 2.75) is 20.5 Å². The van der Waals surface area contributed by atoms with Crippen molar-refractivity contribution in [3.05, 3.63) is 94.3 Å². The lowest BCUT2D eigenvalue weighted by atomic mass is 9.93. The lowest BCUT2D eigenvalue weighted by Crippen LogP contribution is -2.36. The van der Waals surface area contributed by atoms with Crippen molar-refractivity contribution >= 4 is 23.5 Å². The van der Waals surface area contributed by atoms with Gasteiger partial charge in [0.15, 0.2) is 0 Å². The summed E-state index contributed by atoms with van der Waals surface area (Å²) >= 11 is 0. The van der Waals surface area contributed by atoms with E-state index in [1.807, 2.05) is 56.3 Å². The van der Waals surface area contributed by atoms with Crippen molar-refractivity contribution in [2.24, 2.45) is 0 Å². The number of rotatable bonds is 4. The molecule has 1 aliphatic rings. The fourth-order valence-electron chi connectivity index (χ4n) is 3.51. The zero-order valence-electron chi connectivity index (χ0n) is 16.2. The molecule has 3 aromatic rings. The maximum atomic E-state index is 12.4. The van der Waals surface area contributed by atoms with Gasteiger partial charge >= 0.3 is 0 Å². The normalized spacial score (nSPS) is 14.5. The summed E-state index contributed by atoms with van der Waals surface area (Å²) in [5.74, 6) is 0.0503. The number of fused-ring (bicyclic) bond motifs is 1. The SMILES string of the molecule is Cc1cc(/C=C2/C(=O)NC(=O)c3ccccc32)cc(C)c1OCc1ccccn1. The Bertz CT molecular complexity index is 1110. The smallest absolute Gasteiger partial charge is 0.258 e. The van der Waals surface area contributed by atoms with Gasteiger partial charge in [-0.05, 0) is 72.5 Å². The summed E-state index contributed by atoms with van der Waals surface area (Å²) < 4.78 is 5.98. The summed E-state index contributed by atoms with van der Waals surface area (Å²) in [5, 5.41) is 2.41. The number of imide groups is 1. The summed E-state index contributed by atoms with van der Waals surface area (Å²) in [6.45, 7) is 4.34. The minimum atomic E-state index is -0.389. The minimum absolute atomic E-state index is 0.367. The second-order valence-electron chi connectivity index (χ2n) is 6.98. The van der Waals surface area contributed by atoms with E-state index in [9.17, 15) is 9.59 Å². The van der Waals surface area contributed by atoms with Crippen LogP contribution in [0.4, 0.5) is 0 Å². The van der Waals surface area contributed by atoms with Crippen LogP contribution in [-0.4, -0.2) is 16.8 Å². The molecule has 0 unspecified atom stereocenters. The molecule has 1 N–H and O–H groups in total. The third kappa shape index (κ3) is 3.80. The number of carbonyl (C=O) groups excluding carboxylic acids is 2. The molecule has 0 fully saturated rings. The number of carbonyl (C=O) groups is 2. The number of hydrogen-bond donors (Lipinski definition) is 1. The number of ether oxygens (including phenoxy) is 1. The third-order valence-electron chi connectivity index (χ3n) is 4.82. The molecule has 2 amide bonds. The Balaban J connectivity index is 1.65. The van der Waals surface area contributed by atoms with E-state index in [0.29, 0.717) is 23.3 Å². The highest BCUT2D eigenvalue weighted by Crippen LogP contribution is 2.30. The van der Waals surface area contributed by atoms with Gasteiger partial charge in [0.2, 0.25) is 0 Å². The van der Waals surface area contributed by atoms with Crippen LogP contribution in [0.5, 0.6) is 5.75 Å². The Morgan fingerprint density at radius 1 is 0.931 bits per heavy atom. The summed E-state index contributed by atoms with van der Waals surface area (Å²) in [7, 11) is 0. The van der Waals surface area contributed by atoms with Crippen molar-refractivity contribution < 1.29 is 14.3 Å². The Hall–Kier alpha value is -3.73. The highest BCUT2D eigenvalue weighted by molar-refractivity contribution is 6.33. The zero-order valence-corrected chi connectivity index (χ0v) is 16.2. The number of hydrogen-bond acceptors (Lipinski definition) is 4. The maximum Gasteiger partial charge on any atom is 0.258 e. The molecule has 2 aromatic carbocycles. The van der Waals surface area contributed by atoms with Gasteiger partial charge in [0.25, 0.3) is 11.8 Å². The first-order chi connectivity index (χ1) is 14.0. The topological polar surface area (TPSA) is 68.3 Å². The minimum Gasteiger partial charge on any atom is -0.487 e.